The van der Waals surface area contributed by atoms with Crippen molar-refractivity contribution in [3.8, 4) is 5.88 Å². The summed E-state index contributed by atoms with van der Waals surface area (Å²) in [6, 6.07) is 8.82. The SMILES string of the molecule is CCc1ccc(C(c2sc3ncnn3c2O)N2CCN(CC)CC2)cc1. The largest absolute Gasteiger partial charge is 0.492 e. The van der Waals surface area contributed by atoms with E-state index in [1.54, 1.807) is 0 Å². The highest BCUT2D eigenvalue weighted by molar-refractivity contribution is 7.17. The maximum Gasteiger partial charge on any atom is 0.230 e. The van der Waals surface area contributed by atoms with Gasteiger partial charge in [-0.05, 0) is 24.1 Å². The van der Waals surface area contributed by atoms with E-state index in [1.807, 2.05) is 0 Å². The van der Waals surface area contributed by atoms with Gasteiger partial charge in [0.1, 0.15) is 6.33 Å². The molecule has 3 heterocycles. The molecule has 0 radical (unpaired) electrons. The van der Waals surface area contributed by atoms with Gasteiger partial charge in [0.05, 0.1) is 10.9 Å². The lowest BCUT2D eigenvalue weighted by Crippen LogP contribution is -2.47. The summed E-state index contributed by atoms with van der Waals surface area (Å²) < 4.78 is 1.54. The van der Waals surface area contributed by atoms with E-state index in [-0.39, 0.29) is 11.9 Å². The van der Waals surface area contributed by atoms with Crippen molar-refractivity contribution in [1.82, 2.24) is 24.4 Å². The number of likely N-dealkylation sites (N-methyl/N-ethyl adjacent to an activating group) is 1. The molecule has 0 aliphatic carbocycles. The van der Waals surface area contributed by atoms with E-state index >= 15 is 0 Å². The first-order chi connectivity index (χ1) is 12.7. The lowest BCUT2D eigenvalue weighted by molar-refractivity contribution is 0.113. The van der Waals surface area contributed by atoms with Crippen LogP contribution in [0.3, 0.4) is 0 Å². The topological polar surface area (TPSA) is 56.9 Å². The number of hydrogen-bond acceptors (Lipinski definition) is 6. The average molecular weight is 372 g/mol. The van der Waals surface area contributed by atoms with E-state index in [9.17, 15) is 5.11 Å². The Balaban J connectivity index is 1.73. The van der Waals surface area contributed by atoms with Gasteiger partial charge in [0.15, 0.2) is 0 Å². The van der Waals surface area contributed by atoms with E-state index in [2.05, 4.69) is 58.0 Å². The van der Waals surface area contributed by atoms with Gasteiger partial charge in [0.2, 0.25) is 10.8 Å². The Labute approximate surface area is 157 Å². The van der Waals surface area contributed by atoms with E-state index in [0.29, 0.717) is 0 Å². The standard InChI is InChI=1S/C19H25N5OS/c1-3-14-5-7-15(8-6-14)16(23-11-9-22(4-2)10-12-23)17-18(25)24-19(26-17)20-13-21-24/h5-8,13,16,25H,3-4,9-12H2,1-2H3. The smallest absolute Gasteiger partial charge is 0.230 e. The molecule has 1 aromatic carbocycles. The van der Waals surface area contributed by atoms with Crippen LogP contribution in [-0.2, 0) is 6.42 Å². The minimum atomic E-state index is 0.0356. The van der Waals surface area contributed by atoms with Crippen molar-refractivity contribution in [2.45, 2.75) is 26.3 Å². The van der Waals surface area contributed by atoms with E-state index in [4.69, 9.17) is 0 Å². The Morgan fingerprint density at radius 2 is 1.85 bits per heavy atom. The summed E-state index contributed by atoms with van der Waals surface area (Å²) in [5, 5.41) is 14.9. The van der Waals surface area contributed by atoms with Crippen molar-refractivity contribution in [2.24, 2.45) is 0 Å². The molecule has 26 heavy (non-hydrogen) atoms. The Morgan fingerprint density at radius 3 is 2.46 bits per heavy atom. The molecule has 0 amide bonds. The first-order valence-electron chi connectivity index (χ1n) is 9.27. The number of aryl methyl sites for hydroxylation is 1. The molecular weight excluding hydrogens is 346 g/mol. The van der Waals surface area contributed by atoms with Gasteiger partial charge in [-0.2, -0.15) is 9.61 Å². The molecule has 138 valence electrons. The molecule has 0 bridgehead atoms. The maximum absolute atomic E-state index is 10.8. The molecule has 1 unspecified atom stereocenters. The van der Waals surface area contributed by atoms with Crippen molar-refractivity contribution in [3.63, 3.8) is 0 Å². The first kappa shape index (κ1) is 17.5. The quantitative estimate of drug-likeness (QED) is 0.747. The second-order valence-corrected chi connectivity index (χ2v) is 7.72. The summed E-state index contributed by atoms with van der Waals surface area (Å²) in [5.74, 6) is 0.213. The van der Waals surface area contributed by atoms with E-state index in [1.165, 1.54) is 33.3 Å². The number of aromatic hydroxyl groups is 1. The second-order valence-electron chi connectivity index (χ2n) is 6.71. The number of benzene rings is 1. The summed E-state index contributed by atoms with van der Waals surface area (Å²) >= 11 is 1.53. The number of thiazole rings is 1. The predicted octanol–water partition coefficient (Wildman–Crippen LogP) is 2.79. The van der Waals surface area contributed by atoms with Crippen molar-refractivity contribution < 1.29 is 5.11 Å². The molecule has 1 aliphatic rings. The van der Waals surface area contributed by atoms with Crippen molar-refractivity contribution >= 4 is 16.3 Å². The van der Waals surface area contributed by atoms with Gasteiger partial charge in [-0.15, -0.1) is 0 Å². The van der Waals surface area contributed by atoms with Crippen LogP contribution in [0.1, 0.15) is 35.9 Å². The van der Waals surface area contributed by atoms with E-state index < -0.39 is 0 Å². The Hall–Kier alpha value is -1.96. The third-order valence-corrected chi connectivity index (χ3v) is 6.40. The van der Waals surface area contributed by atoms with Gasteiger partial charge in [-0.25, -0.2) is 4.98 Å². The fraction of sp³-hybridized carbons (Fsp3) is 0.474. The lowest BCUT2D eigenvalue weighted by Gasteiger charge is -2.38. The number of hydrogen-bond donors (Lipinski definition) is 1. The van der Waals surface area contributed by atoms with Gasteiger partial charge in [-0.3, -0.25) is 4.90 Å². The number of aromatic nitrogens is 3. The minimum Gasteiger partial charge on any atom is -0.492 e. The van der Waals surface area contributed by atoms with Crippen LogP contribution in [0.25, 0.3) is 4.96 Å². The predicted molar refractivity (Wildman–Crippen MR) is 104 cm³/mol. The first-order valence-corrected chi connectivity index (χ1v) is 10.1. The number of nitrogens with zero attached hydrogens (tertiary/aromatic N) is 5. The molecular formula is C19H25N5OS. The van der Waals surface area contributed by atoms with Crippen LogP contribution >= 0.6 is 11.3 Å². The molecule has 7 heteroatoms. The van der Waals surface area contributed by atoms with Crippen molar-refractivity contribution in [3.05, 3.63) is 46.6 Å². The minimum absolute atomic E-state index is 0.0356. The Kier molecular flexibility index (Phi) is 4.93. The summed E-state index contributed by atoms with van der Waals surface area (Å²) in [7, 11) is 0. The number of piperazine rings is 1. The molecule has 0 saturated carbocycles. The highest BCUT2D eigenvalue weighted by Crippen LogP contribution is 2.40. The van der Waals surface area contributed by atoms with Crippen LogP contribution in [0.15, 0.2) is 30.6 Å². The third kappa shape index (κ3) is 3.11. The summed E-state index contributed by atoms with van der Waals surface area (Å²) in [6.07, 6.45) is 2.52. The molecule has 3 aromatic rings. The second kappa shape index (κ2) is 7.34. The molecule has 6 nitrogen and oxygen atoms in total. The van der Waals surface area contributed by atoms with Crippen LogP contribution in [0.5, 0.6) is 5.88 Å². The lowest BCUT2D eigenvalue weighted by atomic mass is 10.0. The van der Waals surface area contributed by atoms with Gasteiger partial charge in [0.25, 0.3) is 0 Å². The van der Waals surface area contributed by atoms with Crippen molar-refractivity contribution in [1.29, 1.82) is 0 Å². The van der Waals surface area contributed by atoms with Gasteiger partial charge in [0, 0.05) is 26.2 Å². The molecule has 1 fully saturated rings. The molecule has 4 rings (SSSR count). The zero-order valence-corrected chi connectivity index (χ0v) is 16.1. The number of fused-ring (bicyclic) bond motifs is 1. The molecule has 0 spiro atoms. The summed E-state index contributed by atoms with van der Waals surface area (Å²) in [5.41, 5.74) is 2.54. The van der Waals surface area contributed by atoms with Gasteiger partial charge >= 0.3 is 0 Å². The van der Waals surface area contributed by atoms with Gasteiger partial charge < -0.3 is 10.0 Å². The van der Waals surface area contributed by atoms with E-state index in [0.717, 1.165) is 49.0 Å². The van der Waals surface area contributed by atoms with Crippen LogP contribution in [0.4, 0.5) is 0 Å². The fourth-order valence-corrected chi connectivity index (χ4v) is 4.76. The van der Waals surface area contributed by atoms with Crippen LogP contribution in [0.2, 0.25) is 0 Å². The highest BCUT2D eigenvalue weighted by atomic mass is 32.1. The normalized spacial score (nSPS) is 17.8. The van der Waals surface area contributed by atoms with Crippen LogP contribution < -0.4 is 0 Å². The van der Waals surface area contributed by atoms with Crippen molar-refractivity contribution in [2.75, 3.05) is 32.7 Å². The average Bonchev–Trinajstić information content (AvgIpc) is 3.27. The van der Waals surface area contributed by atoms with Crippen LogP contribution in [0, 0.1) is 0 Å². The molecule has 1 saturated heterocycles. The number of rotatable bonds is 5. The summed E-state index contributed by atoms with van der Waals surface area (Å²) in [4.78, 5) is 10.9. The zero-order chi connectivity index (χ0) is 18.1. The molecule has 1 N–H and O–H groups in total. The maximum atomic E-state index is 10.8. The Bertz CT molecular complexity index is 864. The van der Waals surface area contributed by atoms with Crippen LogP contribution in [-0.4, -0.2) is 62.2 Å². The zero-order valence-electron chi connectivity index (χ0n) is 15.3. The molecule has 2 aromatic heterocycles. The van der Waals surface area contributed by atoms with Gasteiger partial charge in [-0.1, -0.05) is 49.4 Å². The highest BCUT2D eigenvalue weighted by Gasteiger charge is 2.31. The fourth-order valence-electron chi connectivity index (χ4n) is 3.67. The molecule has 1 atom stereocenters. The third-order valence-electron chi connectivity index (χ3n) is 5.31. The monoisotopic (exact) mass is 371 g/mol. The molecule has 1 aliphatic heterocycles. The summed E-state index contributed by atoms with van der Waals surface area (Å²) in [6.45, 7) is 9.56. The Morgan fingerprint density at radius 1 is 1.12 bits per heavy atom.